The number of rotatable bonds is 2. The van der Waals surface area contributed by atoms with Gasteiger partial charge in [0.1, 0.15) is 0 Å². The highest BCUT2D eigenvalue weighted by Crippen LogP contribution is 2.22. The number of Topliss-reactive ketones (excluding diaryl/α,β-unsaturated/α-hetero) is 1. The molecule has 1 aliphatic rings. The summed E-state index contributed by atoms with van der Waals surface area (Å²) in [5, 5.41) is 4.36. The molecular formula is C15H18N2O. The molecule has 2 heterocycles. The number of aryl methyl sites for hydroxylation is 1. The summed E-state index contributed by atoms with van der Waals surface area (Å²) in [7, 11) is 0. The highest BCUT2D eigenvalue weighted by Gasteiger charge is 2.23. The van der Waals surface area contributed by atoms with Crippen LogP contribution < -0.4 is 5.32 Å². The Balaban J connectivity index is 1.96. The number of benzene rings is 1. The molecule has 2 N–H and O–H groups in total. The normalized spacial score (nSPS) is 20.2. The standard InChI is InChI=1S/C15H18N2O/c1-10-5-6-11-12(9-17-14(11)8-10)15(18)13-4-2-3-7-16-13/h5-6,8-9,13,16-17H,2-4,7H2,1H3. The fourth-order valence-corrected chi connectivity index (χ4v) is 2.71. The van der Waals surface area contributed by atoms with Crippen LogP contribution in [0.15, 0.2) is 24.4 Å². The highest BCUT2D eigenvalue weighted by atomic mass is 16.1. The van der Waals surface area contributed by atoms with Crippen molar-refractivity contribution in [3.05, 3.63) is 35.5 Å². The number of hydrogen-bond acceptors (Lipinski definition) is 2. The molecule has 2 aromatic rings. The van der Waals surface area contributed by atoms with Crippen LogP contribution in [-0.2, 0) is 0 Å². The number of ketones is 1. The van der Waals surface area contributed by atoms with Gasteiger partial charge in [0.2, 0.25) is 0 Å². The van der Waals surface area contributed by atoms with E-state index in [0.29, 0.717) is 0 Å². The fraction of sp³-hybridized carbons (Fsp3) is 0.400. The summed E-state index contributed by atoms with van der Waals surface area (Å²) in [5.41, 5.74) is 3.08. The molecule has 1 aromatic carbocycles. The molecule has 0 radical (unpaired) electrons. The van der Waals surface area contributed by atoms with Crippen molar-refractivity contribution in [3.63, 3.8) is 0 Å². The number of carbonyl (C=O) groups is 1. The first-order valence-corrected chi connectivity index (χ1v) is 6.61. The van der Waals surface area contributed by atoms with E-state index in [-0.39, 0.29) is 11.8 Å². The zero-order valence-electron chi connectivity index (χ0n) is 10.6. The third-order valence-electron chi connectivity index (χ3n) is 3.73. The molecule has 18 heavy (non-hydrogen) atoms. The summed E-state index contributed by atoms with van der Waals surface area (Å²) in [6, 6.07) is 6.18. The number of piperidine rings is 1. The fourth-order valence-electron chi connectivity index (χ4n) is 2.71. The van der Waals surface area contributed by atoms with Gasteiger partial charge in [-0.05, 0) is 37.9 Å². The van der Waals surface area contributed by atoms with E-state index in [1.807, 2.05) is 12.3 Å². The number of aromatic nitrogens is 1. The number of carbonyl (C=O) groups excluding carboxylic acids is 1. The van der Waals surface area contributed by atoms with Crippen LogP contribution in [0.3, 0.4) is 0 Å². The molecule has 3 heteroatoms. The van der Waals surface area contributed by atoms with Crippen molar-refractivity contribution >= 4 is 16.7 Å². The van der Waals surface area contributed by atoms with Gasteiger partial charge < -0.3 is 10.3 Å². The molecule has 1 saturated heterocycles. The van der Waals surface area contributed by atoms with Crippen LogP contribution in [-0.4, -0.2) is 23.4 Å². The van der Waals surface area contributed by atoms with E-state index in [0.717, 1.165) is 35.9 Å². The minimum absolute atomic E-state index is 0.000877. The van der Waals surface area contributed by atoms with Crippen molar-refractivity contribution in [2.24, 2.45) is 0 Å². The maximum Gasteiger partial charge on any atom is 0.181 e. The molecule has 0 spiro atoms. The van der Waals surface area contributed by atoms with Crippen LogP contribution in [0.25, 0.3) is 10.9 Å². The summed E-state index contributed by atoms with van der Waals surface area (Å²) in [6.45, 7) is 3.02. The number of nitrogens with one attached hydrogen (secondary N) is 2. The molecular weight excluding hydrogens is 224 g/mol. The first-order valence-electron chi connectivity index (χ1n) is 6.61. The Morgan fingerprint density at radius 2 is 2.22 bits per heavy atom. The van der Waals surface area contributed by atoms with Crippen molar-refractivity contribution in [1.82, 2.24) is 10.3 Å². The van der Waals surface area contributed by atoms with Crippen LogP contribution in [0.1, 0.15) is 35.2 Å². The van der Waals surface area contributed by atoms with Gasteiger partial charge >= 0.3 is 0 Å². The van der Waals surface area contributed by atoms with Gasteiger partial charge in [0.05, 0.1) is 6.04 Å². The number of hydrogen-bond donors (Lipinski definition) is 2. The minimum atomic E-state index is -0.000877. The third kappa shape index (κ3) is 1.95. The van der Waals surface area contributed by atoms with Gasteiger partial charge in [0.25, 0.3) is 0 Å². The summed E-state index contributed by atoms with van der Waals surface area (Å²) < 4.78 is 0. The molecule has 0 amide bonds. The van der Waals surface area contributed by atoms with Crippen LogP contribution >= 0.6 is 0 Å². The van der Waals surface area contributed by atoms with E-state index in [9.17, 15) is 4.79 Å². The van der Waals surface area contributed by atoms with E-state index in [2.05, 4.69) is 29.4 Å². The predicted octanol–water partition coefficient (Wildman–Crippen LogP) is 2.80. The second-order valence-electron chi connectivity index (χ2n) is 5.12. The zero-order valence-corrected chi connectivity index (χ0v) is 10.6. The first-order chi connectivity index (χ1) is 8.75. The van der Waals surface area contributed by atoms with Gasteiger partial charge in [-0.25, -0.2) is 0 Å². The Morgan fingerprint density at radius 3 is 3.00 bits per heavy atom. The number of fused-ring (bicyclic) bond motifs is 1. The molecule has 1 fully saturated rings. The molecule has 0 saturated carbocycles. The van der Waals surface area contributed by atoms with Crippen molar-refractivity contribution in [2.75, 3.05) is 6.54 Å². The van der Waals surface area contributed by atoms with Crippen molar-refractivity contribution in [2.45, 2.75) is 32.2 Å². The molecule has 1 atom stereocenters. The van der Waals surface area contributed by atoms with Gasteiger partial charge in [-0.15, -0.1) is 0 Å². The van der Waals surface area contributed by atoms with Gasteiger partial charge in [-0.2, -0.15) is 0 Å². The van der Waals surface area contributed by atoms with Crippen LogP contribution in [0, 0.1) is 6.92 Å². The average Bonchev–Trinajstić information content (AvgIpc) is 2.81. The Morgan fingerprint density at radius 1 is 1.33 bits per heavy atom. The van der Waals surface area contributed by atoms with Crippen molar-refractivity contribution < 1.29 is 4.79 Å². The highest BCUT2D eigenvalue weighted by molar-refractivity contribution is 6.10. The van der Waals surface area contributed by atoms with E-state index < -0.39 is 0 Å². The third-order valence-corrected chi connectivity index (χ3v) is 3.73. The lowest BCUT2D eigenvalue weighted by atomic mass is 9.96. The summed E-state index contributed by atoms with van der Waals surface area (Å²) in [5.74, 6) is 0.227. The summed E-state index contributed by atoms with van der Waals surface area (Å²) in [4.78, 5) is 15.7. The zero-order chi connectivity index (χ0) is 12.5. The second kappa shape index (κ2) is 4.58. The molecule has 94 valence electrons. The molecule has 3 rings (SSSR count). The SMILES string of the molecule is Cc1ccc2c(C(=O)C3CCCCN3)c[nH]c2c1. The minimum Gasteiger partial charge on any atom is -0.360 e. The Hall–Kier alpha value is -1.61. The maximum absolute atomic E-state index is 12.5. The number of aromatic amines is 1. The van der Waals surface area contributed by atoms with Gasteiger partial charge in [-0.3, -0.25) is 4.79 Å². The molecule has 1 aliphatic heterocycles. The van der Waals surface area contributed by atoms with Gasteiger partial charge in [-0.1, -0.05) is 18.6 Å². The van der Waals surface area contributed by atoms with Gasteiger partial charge in [0, 0.05) is 22.7 Å². The Bertz CT molecular complexity index is 579. The molecule has 0 bridgehead atoms. The van der Waals surface area contributed by atoms with E-state index in [1.165, 1.54) is 12.0 Å². The molecule has 1 aromatic heterocycles. The van der Waals surface area contributed by atoms with Crippen molar-refractivity contribution in [1.29, 1.82) is 0 Å². The number of H-pyrrole nitrogens is 1. The molecule has 3 nitrogen and oxygen atoms in total. The smallest absolute Gasteiger partial charge is 0.181 e. The van der Waals surface area contributed by atoms with Crippen LogP contribution in [0.4, 0.5) is 0 Å². The van der Waals surface area contributed by atoms with Crippen LogP contribution in [0.2, 0.25) is 0 Å². The lowest BCUT2D eigenvalue weighted by Crippen LogP contribution is -2.40. The molecule has 0 aliphatic carbocycles. The van der Waals surface area contributed by atoms with Crippen LogP contribution in [0.5, 0.6) is 0 Å². The van der Waals surface area contributed by atoms with E-state index >= 15 is 0 Å². The second-order valence-corrected chi connectivity index (χ2v) is 5.12. The Labute approximate surface area is 107 Å². The topological polar surface area (TPSA) is 44.9 Å². The van der Waals surface area contributed by atoms with Gasteiger partial charge in [0.15, 0.2) is 5.78 Å². The largest absolute Gasteiger partial charge is 0.360 e. The summed E-state index contributed by atoms with van der Waals surface area (Å²) >= 11 is 0. The summed E-state index contributed by atoms with van der Waals surface area (Å²) in [6.07, 6.45) is 5.13. The monoisotopic (exact) mass is 242 g/mol. The predicted molar refractivity (Wildman–Crippen MR) is 73.0 cm³/mol. The molecule has 1 unspecified atom stereocenters. The van der Waals surface area contributed by atoms with E-state index in [1.54, 1.807) is 0 Å². The lowest BCUT2D eigenvalue weighted by Gasteiger charge is -2.21. The van der Waals surface area contributed by atoms with Crippen molar-refractivity contribution in [3.8, 4) is 0 Å². The van der Waals surface area contributed by atoms with E-state index in [4.69, 9.17) is 0 Å². The quantitative estimate of drug-likeness (QED) is 0.795. The lowest BCUT2D eigenvalue weighted by molar-refractivity contribution is 0.0929. The first kappa shape index (κ1) is 11.5. The maximum atomic E-state index is 12.5. The Kier molecular flexibility index (Phi) is 2.92. The average molecular weight is 242 g/mol.